The number of amides is 1. The summed E-state index contributed by atoms with van der Waals surface area (Å²) in [5, 5.41) is 6.87. The molecule has 0 aliphatic rings. The first-order valence-electron chi connectivity index (χ1n) is 10.5. The second-order valence-corrected chi connectivity index (χ2v) is 9.14. The Hall–Kier alpha value is -3.66. The van der Waals surface area contributed by atoms with E-state index in [-0.39, 0.29) is 30.2 Å². The molecule has 10 heteroatoms. The standard InChI is InChI=1S/C23H26N4O5S/c1-3-16-33(30,31)26-20-11-7-10-19(17(20)2)24-23(29)21-12-13-22(28)27(25-21)14-15-32-18-8-5-4-6-9-18/h4-13,26H,3,14-16H2,1-2H3,(H,24,29). The second kappa shape index (κ2) is 10.8. The molecule has 9 nitrogen and oxygen atoms in total. The van der Waals surface area contributed by atoms with E-state index in [9.17, 15) is 18.0 Å². The van der Waals surface area contributed by atoms with Crippen molar-refractivity contribution in [2.45, 2.75) is 26.8 Å². The quantitative estimate of drug-likeness (QED) is 0.470. The number of nitrogens with one attached hydrogen (secondary N) is 2. The molecule has 0 saturated carbocycles. The second-order valence-electron chi connectivity index (χ2n) is 7.29. The molecule has 0 radical (unpaired) electrons. The molecule has 1 heterocycles. The van der Waals surface area contributed by atoms with Crippen molar-refractivity contribution in [1.29, 1.82) is 0 Å². The molecule has 2 N–H and O–H groups in total. The summed E-state index contributed by atoms with van der Waals surface area (Å²) in [6, 6.07) is 16.7. The Morgan fingerprint density at radius 1 is 1.03 bits per heavy atom. The highest BCUT2D eigenvalue weighted by Gasteiger charge is 2.15. The number of benzene rings is 2. The number of carbonyl (C=O) groups is 1. The van der Waals surface area contributed by atoms with Gasteiger partial charge >= 0.3 is 0 Å². The molecule has 0 atom stereocenters. The first kappa shape index (κ1) is 24.0. The Morgan fingerprint density at radius 2 is 1.76 bits per heavy atom. The lowest BCUT2D eigenvalue weighted by Crippen LogP contribution is -2.28. The molecule has 1 aromatic heterocycles. The van der Waals surface area contributed by atoms with Crippen LogP contribution in [0.2, 0.25) is 0 Å². The van der Waals surface area contributed by atoms with E-state index in [0.717, 1.165) is 0 Å². The van der Waals surface area contributed by atoms with Crippen LogP contribution in [0.15, 0.2) is 65.5 Å². The monoisotopic (exact) mass is 470 g/mol. The van der Waals surface area contributed by atoms with Gasteiger partial charge < -0.3 is 10.1 Å². The summed E-state index contributed by atoms with van der Waals surface area (Å²) < 4.78 is 33.5. The SMILES string of the molecule is CCCS(=O)(=O)Nc1cccc(NC(=O)c2ccc(=O)n(CCOc3ccccc3)n2)c1C. The minimum Gasteiger partial charge on any atom is -0.492 e. The maximum absolute atomic E-state index is 12.8. The van der Waals surface area contributed by atoms with Crippen LogP contribution in [0, 0.1) is 6.92 Å². The molecule has 0 saturated heterocycles. The fourth-order valence-corrected chi connectivity index (χ4v) is 4.25. The largest absolute Gasteiger partial charge is 0.492 e. The van der Waals surface area contributed by atoms with E-state index in [2.05, 4.69) is 15.1 Å². The van der Waals surface area contributed by atoms with Gasteiger partial charge in [0.2, 0.25) is 10.0 Å². The highest BCUT2D eigenvalue weighted by molar-refractivity contribution is 7.92. The van der Waals surface area contributed by atoms with Gasteiger partial charge in [-0.15, -0.1) is 0 Å². The number of carbonyl (C=O) groups excluding carboxylic acids is 1. The molecule has 33 heavy (non-hydrogen) atoms. The maximum Gasteiger partial charge on any atom is 0.276 e. The minimum absolute atomic E-state index is 0.00246. The van der Waals surface area contributed by atoms with Gasteiger partial charge in [-0.25, -0.2) is 13.1 Å². The van der Waals surface area contributed by atoms with E-state index in [1.54, 1.807) is 44.2 Å². The van der Waals surface area contributed by atoms with E-state index < -0.39 is 15.9 Å². The Morgan fingerprint density at radius 3 is 2.48 bits per heavy atom. The lowest BCUT2D eigenvalue weighted by molar-refractivity contribution is 0.101. The van der Waals surface area contributed by atoms with Crippen LogP contribution in [-0.2, 0) is 16.6 Å². The summed E-state index contributed by atoms with van der Waals surface area (Å²) in [5.41, 5.74) is 1.08. The molecule has 0 aliphatic heterocycles. The number of sulfonamides is 1. The van der Waals surface area contributed by atoms with Crippen LogP contribution in [0.25, 0.3) is 0 Å². The molecular weight excluding hydrogens is 444 g/mol. The predicted molar refractivity (Wildman–Crippen MR) is 127 cm³/mol. The molecule has 0 fully saturated rings. The van der Waals surface area contributed by atoms with Gasteiger partial charge in [-0.3, -0.25) is 14.3 Å². The van der Waals surface area contributed by atoms with Gasteiger partial charge in [0.05, 0.1) is 18.0 Å². The lowest BCUT2D eigenvalue weighted by atomic mass is 10.1. The number of para-hydroxylation sites is 1. The van der Waals surface area contributed by atoms with E-state index >= 15 is 0 Å². The van der Waals surface area contributed by atoms with Crippen molar-refractivity contribution in [3.63, 3.8) is 0 Å². The van der Waals surface area contributed by atoms with Crippen molar-refractivity contribution < 1.29 is 17.9 Å². The van der Waals surface area contributed by atoms with E-state index in [1.165, 1.54) is 16.8 Å². The zero-order valence-corrected chi connectivity index (χ0v) is 19.3. The van der Waals surface area contributed by atoms with Crippen LogP contribution in [0.3, 0.4) is 0 Å². The van der Waals surface area contributed by atoms with Crippen LogP contribution >= 0.6 is 0 Å². The zero-order chi connectivity index (χ0) is 23.8. The van der Waals surface area contributed by atoms with E-state index in [1.807, 2.05) is 18.2 Å². The van der Waals surface area contributed by atoms with Crippen molar-refractivity contribution in [3.05, 3.63) is 82.3 Å². The summed E-state index contributed by atoms with van der Waals surface area (Å²) in [5.74, 6) is 0.149. The smallest absolute Gasteiger partial charge is 0.276 e. The molecule has 174 valence electrons. The maximum atomic E-state index is 12.8. The van der Waals surface area contributed by atoms with Gasteiger partial charge in [-0.05, 0) is 49.2 Å². The van der Waals surface area contributed by atoms with Crippen LogP contribution < -0.4 is 20.3 Å². The molecule has 0 spiro atoms. The normalized spacial score (nSPS) is 11.1. The molecule has 3 rings (SSSR count). The number of aromatic nitrogens is 2. The van der Waals surface area contributed by atoms with Gasteiger partial charge in [0.15, 0.2) is 0 Å². The van der Waals surface area contributed by atoms with Crippen molar-refractivity contribution in [3.8, 4) is 5.75 Å². The Labute approximate surface area is 192 Å². The fraction of sp³-hybridized carbons (Fsp3) is 0.261. The van der Waals surface area contributed by atoms with Gasteiger partial charge in [0.1, 0.15) is 18.1 Å². The average Bonchev–Trinajstić information content (AvgIpc) is 2.78. The third-order valence-corrected chi connectivity index (χ3v) is 6.21. The van der Waals surface area contributed by atoms with Crippen LogP contribution in [0.4, 0.5) is 11.4 Å². The number of hydrogen-bond acceptors (Lipinski definition) is 6. The summed E-state index contributed by atoms with van der Waals surface area (Å²) in [4.78, 5) is 24.9. The number of anilines is 2. The highest BCUT2D eigenvalue weighted by atomic mass is 32.2. The number of rotatable bonds is 10. The van der Waals surface area contributed by atoms with Gasteiger partial charge in [-0.1, -0.05) is 31.2 Å². The van der Waals surface area contributed by atoms with Crippen LogP contribution in [0.5, 0.6) is 5.75 Å². The van der Waals surface area contributed by atoms with Crippen molar-refractivity contribution in [1.82, 2.24) is 9.78 Å². The first-order chi connectivity index (χ1) is 15.8. The van der Waals surface area contributed by atoms with Gasteiger partial charge in [-0.2, -0.15) is 5.10 Å². The Bertz CT molecular complexity index is 1270. The number of ether oxygens (including phenoxy) is 1. The molecular formula is C23H26N4O5S. The number of nitrogens with zero attached hydrogens (tertiary/aromatic N) is 2. The van der Waals surface area contributed by atoms with Crippen LogP contribution in [-0.4, -0.2) is 36.5 Å². The summed E-state index contributed by atoms with van der Waals surface area (Å²) in [6.07, 6.45) is 0.489. The third kappa shape index (κ3) is 6.66. The van der Waals surface area contributed by atoms with E-state index in [0.29, 0.717) is 29.1 Å². The Kier molecular flexibility index (Phi) is 7.83. The summed E-state index contributed by atoms with van der Waals surface area (Å²) >= 11 is 0. The Balaban J connectivity index is 1.71. The van der Waals surface area contributed by atoms with Crippen molar-refractivity contribution in [2.24, 2.45) is 0 Å². The van der Waals surface area contributed by atoms with Crippen LogP contribution in [0.1, 0.15) is 29.4 Å². The fourth-order valence-electron chi connectivity index (χ4n) is 3.05. The topological polar surface area (TPSA) is 119 Å². The zero-order valence-electron chi connectivity index (χ0n) is 18.4. The van der Waals surface area contributed by atoms with Gasteiger partial charge in [0.25, 0.3) is 11.5 Å². The minimum atomic E-state index is -3.47. The summed E-state index contributed by atoms with van der Waals surface area (Å²) in [7, 11) is -3.47. The molecule has 0 bridgehead atoms. The average molecular weight is 471 g/mol. The molecule has 0 aliphatic carbocycles. The highest BCUT2D eigenvalue weighted by Crippen LogP contribution is 2.24. The van der Waals surface area contributed by atoms with Crippen molar-refractivity contribution in [2.75, 3.05) is 22.4 Å². The van der Waals surface area contributed by atoms with Gasteiger partial charge in [0, 0.05) is 11.8 Å². The van der Waals surface area contributed by atoms with Crippen molar-refractivity contribution >= 4 is 27.3 Å². The summed E-state index contributed by atoms with van der Waals surface area (Å²) in [6.45, 7) is 3.86. The molecule has 1 amide bonds. The van der Waals surface area contributed by atoms with E-state index in [4.69, 9.17) is 4.74 Å². The predicted octanol–water partition coefficient (Wildman–Crippen LogP) is 3.03. The molecule has 2 aromatic carbocycles. The number of hydrogen-bond donors (Lipinski definition) is 2. The lowest BCUT2D eigenvalue weighted by Gasteiger charge is -2.14. The third-order valence-electron chi connectivity index (χ3n) is 4.73. The molecule has 3 aromatic rings. The first-order valence-corrected chi connectivity index (χ1v) is 12.1. The molecule has 0 unspecified atom stereocenters.